The second-order valence-electron chi connectivity index (χ2n) is 4.65. The number of nitrogens with one attached hydrogen (secondary N) is 1. The fourth-order valence-electron chi connectivity index (χ4n) is 2.20. The van der Waals surface area contributed by atoms with Gasteiger partial charge in [-0.3, -0.25) is 0 Å². The maximum atomic E-state index is 4.19. The molecule has 20 heavy (non-hydrogen) atoms. The van der Waals surface area contributed by atoms with Gasteiger partial charge >= 0.3 is 0 Å². The maximum Gasteiger partial charge on any atom is 0.138 e. The first-order chi connectivity index (χ1) is 9.74. The van der Waals surface area contributed by atoms with Crippen molar-refractivity contribution in [2.45, 2.75) is 20.4 Å². The van der Waals surface area contributed by atoms with Gasteiger partial charge in [0.2, 0.25) is 0 Å². The van der Waals surface area contributed by atoms with Crippen molar-refractivity contribution >= 4 is 17.0 Å². The molecule has 0 amide bonds. The van der Waals surface area contributed by atoms with E-state index in [-0.39, 0.29) is 0 Å². The first-order valence-corrected chi connectivity index (χ1v) is 7.29. The first kappa shape index (κ1) is 12.9. The average molecular weight is 284 g/mol. The van der Waals surface area contributed by atoms with Crippen LogP contribution in [-0.2, 0) is 6.54 Å². The van der Waals surface area contributed by atoms with Crippen molar-refractivity contribution in [1.29, 1.82) is 0 Å². The van der Waals surface area contributed by atoms with Gasteiger partial charge in [0.1, 0.15) is 12.7 Å². The Morgan fingerprint density at radius 3 is 2.80 bits per heavy atom. The molecule has 1 N–H and O–H groups in total. The molecule has 0 bridgehead atoms. The molecule has 4 nitrogen and oxygen atoms in total. The van der Waals surface area contributed by atoms with E-state index < -0.39 is 0 Å². The van der Waals surface area contributed by atoms with Gasteiger partial charge < -0.3 is 5.32 Å². The Bertz CT molecular complexity index is 700. The maximum absolute atomic E-state index is 4.19. The zero-order valence-electron chi connectivity index (χ0n) is 11.5. The van der Waals surface area contributed by atoms with Crippen molar-refractivity contribution in [3.63, 3.8) is 0 Å². The smallest absolute Gasteiger partial charge is 0.138 e. The molecule has 0 spiro atoms. The Balaban J connectivity index is 1.83. The molecule has 0 fully saturated rings. The number of hydrogen-bond acceptors (Lipinski definition) is 4. The normalized spacial score (nSPS) is 10.7. The zero-order chi connectivity index (χ0) is 13.9. The minimum Gasteiger partial charge on any atom is -0.379 e. The number of aryl methyl sites for hydroxylation is 2. The lowest BCUT2D eigenvalue weighted by molar-refractivity contribution is 0.877. The van der Waals surface area contributed by atoms with Crippen molar-refractivity contribution in [3.8, 4) is 5.69 Å². The van der Waals surface area contributed by atoms with E-state index in [0.717, 1.165) is 17.9 Å². The van der Waals surface area contributed by atoms with E-state index in [1.807, 2.05) is 29.5 Å². The SMILES string of the molecule is Cc1cc(CNc2ccccc2-n2cncn2)c(C)s1. The molecule has 0 atom stereocenters. The second kappa shape index (κ2) is 5.46. The van der Waals surface area contributed by atoms with Crippen LogP contribution in [0.5, 0.6) is 0 Å². The molecule has 0 saturated carbocycles. The quantitative estimate of drug-likeness (QED) is 0.796. The van der Waals surface area contributed by atoms with Crippen LogP contribution in [0.15, 0.2) is 43.0 Å². The number of thiophene rings is 1. The summed E-state index contributed by atoms with van der Waals surface area (Å²) in [5.74, 6) is 0. The van der Waals surface area contributed by atoms with Crippen LogP contribution in [0.4, 0.5) is 5.69 Å². The minimum atomic E-state index is 0.821. The Labute approximate surface area is 122 Å². The minimum absolute atomic E-state index is 0.821. The average Bonchev–Trinajstić information content (AvgIpc) is 3.07. The fraction of sp³-hybridized carbons (Fsp3) is 0.200. The molecule has 3 rings (SSSR count). The summed E-state index contributed by atoms with van der Waals surface area (Å²) in [6, 6.07) is 10.4. The summed E-state index contributed by atoms with van der Waals surface area (Å²) >= 11 is 1.84. The number of nitrogens with zero attached hydrogens (tertiary/aromatic N) is 3. The highest BCUT2D eigenvalue weighted by Crippen LogP contribution is 2.23. The van der Waals surface area contributed by atoms with E-state index in [9.17, 15) is 0 Å². The largest absolute Gasteiger partial charge is 0.379 e. The monoisotopic (exact) mass is 284 g/mol. The predicted octanol–water partition coefficient (Wildman–Crippen LogP) is 3.56. The Morgan fingerprint density at radius 1 is 1.25 bits per heavy atom. The van der Waals surface area contributed by atoms with Gasteiger partial charge in [0.25, 0.3) is 0 Å². The number of anilines is 1. The van der Waals surface area contributed by atoms with Crippen LogP contribution in [0.25, 0.3) is 5.69 Å². The van der Waals surface area contributed by atoms with Crippen LogP contribution in [0.1, 0.15) is 15.3 Å². The summed E-state index contributed by atoms with van der Waals surface area (Å²) in [7, 11) is 0. The van der Waals surface area contributed by atoms with E-state index in [1.54, 1.807) is 17.3 Å². The molecule has 3 aromatic rings. The molecule has 102 valence electrons. The third-order valence-corrected chi connectivity index (χ3v) is 4.19. The molecule has 2 heterocycles. The van der Waals surface area contributed by atoms with Gasteiger partial charge in [-0.25, -0.2) is 9.67 Å². The van der Waals surface area contributed by atoms with Gasteiger partial charge in [0, 0.05) is 16.3 Å². The van der Waals surface area contributed by atoms with Gasteiger partial charge in [-0.05, 0) is 37.6 Å². The number of para-hydroxylation sites is 2. The Hall–Kier alpha value is -2.14. The summed E-state index contributed by atoms with van der Waals surface area (Å²) < 4.78 is 1.77. The first-order valence-electron chi connectivity index (χ1n) is 6.48. The van der Waals surface area contributed by atoms with Crippen molar-refractivity contribution in [1.82, 2.24) is 14.8 Å². The molecule has 0 aliphatic heterocycles. The second-order valence-corrected chi connectivity index (χ2v) is 6.11. The third-order valence-electron chi connectivity index (χ3n) is 3.18. The Morgan fingerprint density at radius 2 is 2.10 bits per heavy atom. The van der Waals surface area contributed by atoms with Gasteiger partial charge in [-0.15, -0.1) is 11.3 Å². The standard InChI is InChI=1S/C15H16N4S/c1-11-7-13(12(2)20-11)8-17-14-5-3-4-6-15(14)19-10-16-9-18-19/h3-7,9-10,17H,8H2,1-2H3. The van der Waals surface area contributed by atoms with E-state index in [2.05, 4.69) is 41.4 Å². The highest BCUT2D eigenvalue weighted by atomic mass is 32.1. The lowest BCUT2D eigenvalue weighted by Crippen LogP contribution is -2.04. The summed E-state index contributed by atoms with van der Waals surface area (Å²) in [6.07, 6.45) is 3.25. The summed E-state index contributed by atoms with van der Waals surface area (Å²) in [4.78, 5) is 6.72. The van der Waals surface area contributed by atoms with Crippen molar-refractivity contribution in [2.24, 2.45) is 0 Å². The number of benzene rings is 1. The highest BCUT2D eigenvalue weighted by Gasteiger charge is 2.06. The molecule has 0 aliphatic carbocycles. The van der Waals surface area contributed by atoms with Crippen molar-refractivity contribution < 1.29 is 0 Å². The van der Waals surface area contributed by atoms with E-state index in [0.29, 0.717) is 0 Å². The molecule has 0 saturated heterocycles. The molecule has 0 unspecified atom stereocenters. The van der Waals surface area contributed by atoms with Gasteiger partial charge in [-0.1, -0.05) is 12.1 Å². The summed E-state index contributed by atoms with van der Waals surface area (Å²) in [5.41, 5.74) is 3.41. The lowest BCUT2D eigenvalue weighted by atomic mass is 10.2. The van der Waals surface area contributed by atoms with E-state index in [1.165, 1.54) is 15.3 Å². The van der Waals surface area contributed by atoms with Crippen LogP contribution in [0.2, 0.25) is 0 Å². The van der Waals surface area contributed by atoms with E-state index >= 15 is 0 Å². The predicted molar refractivity (Wildman–Crippen MR) is 82.5 cm³/mol. The lowest BCUT2D eigenvalue weighted by Gasteiger charge is -2.11. The molecular formula is C15H16N4S. The molecule has 0 aliphatic rings. The van der Waals surface area contributed by atoms with Gasteiger partial charge in [0.05, 0.1) is 11.4 Å². The number of rotatable bonds is 4. The number of aromatic nitrogens is 3. The summed E-state index contributed by atoms with van der Waals surface area (Å²) in [5, 5.41) is 7.68. The van der Waals surface area contributed by atoms with E-state index in [4.69, 9.17) is 0 Å². The van der Waals surface area contributed by atoms with Gasteiger partial charge in [-0.2, -0.15) is 5.10 Å². The zero-order valence-corrected chi connectivity index (χ0v) is 12.3. The van der Waals surface area contributed by atoms with Crippen molar-refractivity contribution in [3.05, 3.63) is 58.3 Å². The number of hydrogen-bond donors (Lipinski definition) is 1. The topological polar surface area (TPSA) is 42.7 Å². The fourth-order valence-corrected chi connectivity index (χ4v) is 3.15. The van der Waals surface area contributed by atoms with Crippen LogP contribution >= 0.6 is 11.3 Å². The highest BCUT2D eigenvalue weighted by molar-refractivity contribution is 7.12. The molecule has 2 aromatic heterocycles. The van der Waals surface area contributed by atoms with Crippen LogP contribution in [0, 0.1) is 13.8 Å². The van der Waals surface area contributed by atoms with Crippen LogP contribution < -0.4 is 5.32 Å². The molecule has 0 radical (unpaired) electrons. The molecule has 1 aromatic carbocycles. The Kier molecular flexibility index (Phi) is 3.52. The molecule has 5 heteroatoms. The van der Waals surface area contributed by atoms with Crippen LogP contribution in [0.3, 0.4) is 0 Å². The summed E-state index contributed by atoms with van der Waals surface area (Å²) in [6.45, 7) is 5.13. The van der Waals surface area contributed by atoms with Gasteiger partial charge in [0.15, 0.2) is 0 Å². The molecular weight excluding hydrogens is 268 g/mol. The van der Waals surface area contributed by atoms with Crippen molar-refractivity contribution in [2.75, 3.05) is 5.32 Å². The van der Waals surface area contributed by atoms with Crippen LogP contribution in [-0.4, -0.2) is 14.8 Å². The third kappa shape index (κ3) is 2.58.